The molecule has 1 aromatic heterocycles. The number of nitrogens with zero attached hydrogens (tertiary/aromatic N) is 5. The average molecular weight is 578 g/mol. The molecule has 0 spiro atoms. The number of hydrogen-bond acceptors (Lipinski definition) is 9. The number of morpholine rings is 2. The Kier molecular flexibility index (Phi) is 8.52. The lowest BCUT2D eigenvalue weighted by atomic mass is 10.1. The van der Waals surface area contributed by atoms with Crippen molar-refractivity contribution in [1.29, 1.82) is 0 Å². The van der Waals surface area contributed by atoms with Gasteiger partial charge in [-0.05, 0) is 35.9 Å². The molecule has 3 aromatic rings. The van der Waals surface area contributed by atoms with Crippen molar-refractivity contribution in [3.63, 3.8) is 0 Å². The van der Waals surface area contributed by atoms with Gasteiger partial charge in [0, 0.05) is 92.8 Å². The number of rotatable bonds is 8. The minimum Gasteiger partial charge on any atom is -0.381 e. The first-order valence-electron chi connectivity index (χ1n) is 13.4. The molecule has 208 valence electrons. The fourth-order valence-corrected chi connectivity index (χ4v) is 7.61. The monoisotopic (exact) mass is 577 g/mol. The van der Waals surface area contributed by atoms with Crippen LogP contribution in [0.5, 0.6) is 0 Å². The fourth-order valence-electron chi connectivity index (χ4n) is 5.20. The van der Waals surface area contributed by atoms with E-state index in [9.17, 15) is 4.79 Å². The summed E-state index contributed by atoms with van der Waals surface area (Å²) in [4.78, 5) is 27.9. The van der Waals surface area contributed by atoms with Crippen LogP contribution in [0.25, 0.3) is 21.7 Å². The number of aromatic amines is 1. The molecule has 0 aliphatic carbocycles. The quantitative estimate of drug-likeness (QED) is 0.172. The van der Waals surface area contributed by atoms with Crippen molar-refractivity contribution < 1.29 is 9.47 Å². The molecule has 1 atom stereocenters. The first-order valence-corrected chi connectivity index (χ1v) is 15.1. The van der Waals surface area contributed by atoms with Crippen molar-refractivity contribution in [2.75, 3.05) is 75.9 Å². The lowest BCUT2D eigenvalue weighted by molar-refractivity contribution is 0.0364. The second-order valence-electron chi connectivity index (χ2n) is 9.88. The first-order chi connectivity index (χ1) is 19.7. The van der Waals surface area contributed by atoms with E-state index in [1.807, 2.05) is 6.07 Å². The molecular weight excluding hydrogens is 546 g/mol. The molecule has 12 heteroatoms. The molecule has 2 N–H and O–H groups in total. The number of nitrogens with one attached hydrogen (secondary N) is 2. The molecule has 6 rings (SSSR count). The highest BCUT2D eigenvalue weighted by Gasteiger charge is 2.23. The van der Waals surface area contributed by atoms with Crippen LogP contribution in [0.4, 0.5) is 11.4 Å². The van der Waals surface area contributed by atoms with Gasteiger partial charge in [0.2, 0.25) is 5.56 Å². The highest BCUT2D eigenvalue weighted by molar-refractivity contribution is 8.05. The van der Waals surface area contributed by atoms with E-state index in [4.69, 9.17) is 15.0 Å². The number of anilines is 2. The summed E-state index contributed by atoms with van der Waals surface area (Å²) < 4.78 is 11.0. The standard InChI is InChI=1S/C28H31N7O3S2/c29-33-30-17-20(18-34-6-10-37-11-7-34)31-19-4-5-24-26(14-19)39-25-3-1-2-22(28(25)40-24)23-15-21(16-27(36)32-23)35-8-12-38-13-9-35/h1-5,14-16,20,31H,6-13,17-18H2,(H,32,36). The number of hydrogen-bond donors (Lipinski definition) is 2. The average Bonchev–Trinajstić information content (AvgIpc) is 2.99. The molecule has 0 bridgehead atoms. The number of ether oxygens (including phenoxy) is 2. The molecular formula is C28H31N7O3S2. The third-order valence-corrected chi connectivity index (χ3v) is 9.76. The summed E-state index contributed by atoms with van der Waals surface area (Å²) in [5.41, 5.74) is 12.6. The molecule has 0 amide bonds. The molecule has 2 fully saturated rings. The second kappa shape index (κ2) is 12.6. The molecule has 3 aliphatic rings. The molecule has 0 radical (unpaired) electrons. The maximum absolute atomic E-state index is 12.6. The van der Waals surface area contributed by atoms with Crippen LogP contribution in [0, 0.1) is 0 Å². The number of H-pyrrole nitrogens is 1. The molecule has 4 heterocycles. The fraction of sp³-hybridized carbons (Fsp3) is 0.393. The van der Waals surface area contributed by atoms with Gasteiger partial charge >= 0.3 is 0 Å². The summed E-state index contributed by atoms with van der Waals surface area (Å²) in [6.45, 7) is 7.28. The van der Waals surface area contributed by atoms with Gasteiger partial charge in [-0.3, -0.25) is 9.69 Å². The largest absolute Gasteiger partial charge is 0.381 e. The predicted molar refractivity (Wildman–Crippen MR) is 159 cm³/mol. The lowest BCUT2D eigenvalue weighted by Gasteiger charge is -2.31. The Morgan fingerprint density at radius 2 is 1.77 bits per heavy atom. The third kappa shape index (κ3) is 6.27. The van der Waals surface area contributed by atoms with Crippen molar-refractivity contribution in [3.05, 3.63) is 69.3 Å². The topological polar surface area (TPSA) is 119 Å². The van der Waals surface area contributed by atoms with Crippen molar-refractivity contribution in [3.8, 4) is 11.3 Å². The molecule has 3 aliphatic heterocycles. The second-order valence-corrected chi connectivity index (χ2v) is 12.0. The Balaban J connectivity index is 1.23. The van der Waals surface area contributed by atoms with Crippen LogP contribution in [0.15, 0.2) is 78.0 Å². The van der Waals surface area contributed by atoms with E-state index in [0.29, 0.717) is 19.8 Å². The van der Waals surface area contributed by atoms with Crippen molar-refractivity contribution in [1.82, 2.24) is 9.88 Å². The Bertz CT molecular complexity index is 1460. The van der Waals surface area contributed by atoms with Crippen LogP contribution < -0.4 is 15.8 Å². The SMILES string of the molecule is [N-]=[N+]=NCC(CN1CCOCC1)Nc1ccc2c(c1)Sc1cccc(-c3cc(N4CCOCC4)cc(=O)[nH]3)c1S2. The Morgan fingerprint density at radius 3 is 2.58 bits per heavy atom. The summed E-state index contributed by atoms with van der Waals surface area (Å²) >= 11 is 3.46. The van der Waals surface area contributed by atoms with Crippen molar-refractivity contribution >= 4 is 34.9 Å². The Morgan fingerprint density at radius 1 is 0.975 bits per heavy atom. The van der Waals surface area contributed by atoms with Gasteiger partial charge in [0.1, 0.15) is 0 Å². The normalized spacial score (nSPS) is 17.9. The number of pyridine rings is 1. The summed E-state index contributed by atoms with van der Waals surface area (Å²) in [7, 11) is 0. The minimum atomic E-state index is -0.103. The Hall–Kier alpha value is -3.12. The van der Waals surface area contributed by atoms with Crippen LogP contribution in [-0.4, -0.2) is 81.6 Å². The highest BCUT2D eigenvalue weighted by atomic mass is 32.2. The van der Waals surface area contributed by atoms with Gasteiger partial charge < -0.3 is 24.7 Å². The van der Waals surface area contributed by atoms with Gasteiger partial charge in [-0.1, -0.05) is 40.8 Å². The summed E-state index contributed by atoms with van der Waals surface area (Å²) in [5, 5.41) is 7.44. The Labute approximate surface area is 241 Å². The maximum atomic E-state index is 12.6. The van der Waals surface area contributed by atoms with Gasteiger partial charge in [-0.2, -0.15) is 0 Å². The van der Waals surface area contributed by atoms with E-state index >= 15 is 0 Å². The molecule has 10 nitrogen and oxygen atoms in total. The van der Waals surface area contributed by atoms with Crippen molar-refractivity contribution in [2.24, 2.45) is 5.11 Å². The van der Waals surface area contributed by atoms with Crippen LogP contribution >= 0.6 is 23.5 Å². The minimum absolute atomic E-state index is 0.00255. The van der Waals surface area contributed by atoms with Gasteiger partial charge in [0.25, 0.3) is 0 Å². The lowest BCUT2D eigenvalue weighted by Crippen LogP contribution is -2.44. The zero-order valence-corrected chi connectivity index (χ0v) is 23.7. The van der Waals surface area contributed by atoms with Crippen LogP contribution in [-0.2, 0) is 9.47 Å². The zero-order chi connectivity index (χ0) is 27.3. The smallest absolute Gasteiger partial charge is 0.250 e. The van der Waals surface area contributed by atoms with Crippen LogP contribution in [0.2, 0.25) is 0 Å². The highest BCUT2D eigenvalue weighted by Crippen LogP contribution is 2.52. The van der Waals surface area contributed by atoms with E-state index in [0.717, 1.165) is 78.4 Å². The van der Waals surface area contributed by atoms with Crippen LogP contribution in [0.1, 0.15) is 0 Å². The summed E-state index contributed by atoms with van der Waals surface area (Å²) in [5.74, 6) is 0. The zero-order valence-electron chi connectivity index (χ0n) is 22.0. The predicted octanol–water partition coefficient (Wildman–Crippen LogP) is 4.92. The molecule has 40 heavy (non-hydrogen) atoms. The number of fused-ring (bicyclic) bond motifs is 2. The molecule has 1 unspecified atom stereocenters. The van der Waals surface area contributed by atoms with Crippen LogP contribution in [0.3, 0.4) is 0 Å². The van der Waals surface area contributed by atoms with E-state index in [2.05, 4.69) is 66.5 Å². The maximum Gasteiger partial charge on any atom is 0.250 e. The van der Waals surface area contributed by atoms with E-state index in [1.165, 1.54) is 9.79 Å². The van der Waals surface area contributed by atoms with Gasteiger partial charge in [-0.25, -0.2) is 0 Å². The van der Waals surface area contributed by atoms with E-state index in [-0.39, 0.29) is 11.6 Å². The molecule has 2 saturated heterocycles. The first kappa shape index (κ1) is 27.1. The summed E-state index contributed by atoms with van der Waals surface area (Å²) in [6.07, 6.45) is 0. The number of benzene rings is 2. The number of azide groups is 1. The molecule has 0 saturated carbocycles. The van der Waals surface area contributed by atoms with Crippen molar-refractivity contribution in [2.45, 2.75) is 25.6 Å². The van der Waals surface area contributed by atoms with Gasteiger partial charge in [0.05, 0.1) is 32.1 Å². The van der Waals surface area contributed by atoms with Gasteiger partial charge in [0.15, 0.2) is 0 Å². The van der Waals surface area contributed by atoms with E-state index in [1.54, 1.807) is 29.6 Å². The third-order valence-electron chi connectivity index (χ3n) is 7.17. The van der Waals surface area contributed by atoms with Gasteiger partial charge in [-0.15, -0.1) is 0 Å². The van der Waals surface area contributed by atoms with E-state index < -0.39 is 0 Å². The summed E-state index contributed by atoms with van der Waals surface area (Å²) in [6, 6.07) is 16.4. The number of aromatic nitrogens is 1. The molecule has 2 aromatic carbocycles.